The van der Waals surface area contributed by atoms with Gasteiger partial charge in [0.2, 0.25) is 0 Å². The van der Waals surface area contributed by atoms with Crippen molar-refractivity contribution in [1.29, 1.82) is 0 Å². The Morgan fingerprint density at radius 2 is 1.46 bits per heavy atom. The highest BCUT2D eigenvalue weighted by Gasteiger charge is 2.24. The first kappa shape index (κ1) is 19.6. The fraction of sp³-hybridized carbons (Fsp3) is 0.667. The second kappa shape index (κ2) is 9.15. The second-order valence-corrected chi connectivity index (χ2v) is 8.89. The van der Waals surface area contributed by atoms with Gasteiger partial charge in [0.15, 0.2) is 11.6 Å². The van der Waals surface area contributed by atoms with Gasteiger partial charge < -0.3 is 0 Å². The van der Waals surface area contributed by atoms with Crippen molar-refractivity contribution in [2.45, 2.75) is 84.0 Å². The highest BCUT2D eigenvalue weighted by Crippen LogP contribution is 2.37. The maximum absolute atomic E-state index is 14.6. The minimum absolute atomic E-state index is 0.198. The number of hydrogen-bond donors (Lipinski definition) is 0. The molecule has 0 nitrogen and oxygen atoms in total. The van der Waals surface area contributed by atoms with E-state index in [-0.39, 0.29) is 5.92 Å². The zero-order valence-corrected chi connectivity index (χ0v) is 16.4. The van der Waals surface area contributed by atoms with E-state index in [9.17, 15) is 8.78 Å². The Morgan fingerprint density at radius 3 is 2.12 bits per heavy atom. The van der Waals surface area contributed by atoms with Crippen molar-refractivity contribution >= 4 is 0 Å². The van der Waals surface area contributed by atoms with Gasteiger partial charge in [-0.15, -0.1) is 0 Å². The van der Waals surface area contributed by atoms with Gasteiger partial charge in [0.05, 0.1) is 0 Å². The third-order valence-electron chi connectivity index (χ3n) is 6.70. The van der Waals surface area contributed by atoms with Crippen LogP contribution in [0.25, 0.3) is 0 Å². The van der Waals surface area contributed by atoms with Crippen LogP contribution >= 0.6 is 0 Å². The molecule has 0 spiro atoms. The van der Waals surface area contributed by atoms with Gasteiger partial charge in [-0.1, -0.05) is 63.8 Å². The molecule has 144 valence electrons. The molecule has 2 fully saturated rings. The summed E-state index contributed by atoms with van der Waals surface area (Å²) >= 11 is 0. The van der Waals surface area contributed by atoms with Crippen molar-refractivity contribution in [2.75, 3.05) is 0 Å². The predicted molar refractivity (Wildman–Crippen MR) is 105 cm³/mol. The molecule has 0 aliphatic heterocycles. The van der Waals surface area contributed by atoms with Crippen molar-refractivity contribution in [1.82, 2.24) is 0 Å². The minimum Gasteiger partial charge on any atom is -0.203 e. The van der Waals surface area contributed by atoms with Crippen molar-refractivity contribution in [3.8, 4) is 0 Å². The van der Waals surface area contributed by atoms with E-state index in [1.165, 1.54) is 25.7 Å². The molecule has 0 N–H and O–H groups in total. The van der Waals surface area contributed by atoms with E-state index < -0.39 is 11.6 Å². The average Bonchev–Trinajstić information content (AvgIpc) is 2.64. The van der Waals surface area contributed by atoms with Crippen LogP contribution in [0.3, 0.4) is 0 Å². The van der Waals surface area contributed by atoms with E-state index >= 15 is 0 Å². The minimum atomic E-state index is -0.610. The first-order chi connectivity index (χ1) is 12.5. The van der Waals surface area contributed by atoms with Crippen molar-refractivity contribution in [3.63, 3.8) is 0 Å². The van der Waals surface area contributed by atoms with Crippen LogP contribution in [-0.4, -0.2) is 0 Å². The third-order valence-corrected chi connectivity index (χ3v) is 6.70. The Bertz CT molecular complexity index is 603. The van der Waals surface area contributed by atoms with E-state index in [1.807, 2.05) is 12.1 Å². The zero-order valence-electron chi connectivity index (χ0n) is 16.4. The second-order valence-electron chi connectivity index (χ2n) is 8.89. The standard InChI is InChI=1S/C24H34F2/c1-17-7-11-19(12-8-17)5-3-4-6-21-15-16-22(24(26)23(21)25)20-13-9-18(2)10-14-20/h3,5,15-20H,4,6-14H2,1-2H3/b5-3+. The lowest BCUT2D eigenvalue weighted by atomic mass is 9.79. The fourth-order valence-electron chi connectivity index (χ4n) is 4.69. The summed E-state index contributed by atoms with van der Waals surface area (Å²) in [6, 6.07) is 3.67. The lowest BCUT2D eigenvalue weighted by molar-refractivity contribution is 0.330. The molecule has 1 aromatic rings. The number of halogens is 2. The molecule has 2 aliphatic carbocycles. The number of hydrogen-bond acceptors (Lipinski definition) is 0. The number of benzene rings is 1. The molecule has 0 saturated heterocycles. The molecule has 0 aromatic heterocycles. The summed E-state index contributed by atoms with van der Waals surface area (Å²) in [5, 5.41) is 0. The summed E-state index contributed by atoms with van der Waals surface area (Å²) < 4.78 is 29.1. The molecule has 0 heterocycles. The van der Waals surface area contributed by atoms with Gasteiger partial charge in [-0.3, -0.25) is 0 Å². The van der Waals surface area contributed by atoms with Crippen molar-refractivity contribution in [2.24, 2.45) is 17.8 Å². The molecular weight excluding hydrogens is 326 g/mol. The zero-order chi connectivity index (χ0) is 18.5. The van der Waals surface area contributed by atoms with Crippen molar-refractivity contribution in [3.05, 3.63) is 47.0 Å². The van der Waals surface area contributed by atoms with E-state index in [0.29, 0.717) is 23.5 Å². The van der Waals surface area contributed by atoms with Crippen LogP contribution in [0.2, 0.25) is 0 Å². The van der Waals surface area contributed by atoms with E-state index in [2.05, 4.69) is 26.0 Å². The molecule has 2 aliphatic rings. The van der Waals surface area contributed by atoms with Crippen LogP contribution in [0, 0.1) is 29.4 Å². The molecule has 26 heavy (non-hydrogen) atoms. The summed E-state index contributed by atoms with van der Waals surface area (Å²) in [7, 11) is 0. The lowest BCUT2D eigenvalue weighted by Crippen LogP contribution is -2.13. The number of aryl methyl sites for hydroxylation is 1. The Balaban J connectivity index is 1.54. The maximum atomic E-state index is 14.6. The van der Waals surface area contributed by atoms with Crippen molar-refractivity contribution < 1.29 is 8.78 Å². The molecule has 0 atom stereocenters. The SMILES string of the molecule is CC1CCC(/C=C/CCc2ccc(C3CCC(C)CC3)c(F)c2F)CC1. The monoisotopic (exact) mass is 360 g/mol. The summed E-state index contributed by atoms with van der Waals surface area (Å²) in [4.78, 5) is 0. The van der Waals surface area contributed by atoms with Crippen LogP contribution in [0.5, 0.6) is 0 Å². The first-order valence-electron chi connectivity index (χ1n) is 10.7. The average molecular weight is 361 g/mol. The molecule has 3 rings (SSSR count). The molecule has 1 aromatic carbocycles. The van der Waals surface area contributed by atoms with Gasteiger partial charge in [0.1, 0.15) is 0 Å². The topological polar surface area (TPSA) is 0 Å². The highest BCUT2D eigenvalue weighted by molar-refractivity contribution is 5.29. The fourth-order valence-corrected chi connectivity index (χ4v) is 4.69. The molecule has 0 amide bonds. The Morgan fingerprint density at radius 1 is 0.846 bits per heavy atom. The highest BCUT2D eigenvalue weighted by atomic mass is 19.2. The number of rotatable bonds is 5. The smallest absolute Gasteiger partial charge is 0.162 e. The van der Waals surface area contributed by atoms with Gasteiger partial charge in [-0.05, 0) is 73.3 Å². The molecule has 2 heteroatoms. The molecule has 0 radical (unpaired) electrons. The van der Waals surface area contributed by atoms with Gasteiger partial charge in [0, 0.05) is 0 Å². The quantitative estimate of drug-likeness (QED) is 0.475. The van der Waals surface area contributed by atoms with Crippen LogP contribution in [0.1, 0.15) is 88.7 Å². The first-order valence-corrected chi connectivity index (χ1v) is 10.7. The van der Waals surface area contributed by atoms with E-state index in [1.54, 1.807) is 0 Å². The summed E-state index contributed by atoms with van der Waals surface area (Å²) in [6.07, 6.45) is 15.3. The van der Waals surface area contributed by atoms with Crippen LogP contribution < -0.4 is 0 Å². The Labute approximate surface area is 158 Å². The Hall–Kier alpha value is -1.18. The van der Waals surface area contributed by atoms with Crippen LogP contribution in [-0.2, 0) is 6.42 Å². The molecule has 2 saturated carbocycles. The third kappa shape index (κ3) is 4.96. The lowest BCUT2D eigenvalue weighted by Gasteiger charge is -2.27. The van der Waals surface area contributed by atoms with Gasteiger partial charge in [0.25, 0.3) is 0 Å². The summed E-state index contributed by atoms with van der Waals surface area (Å²) in [6.45, 7) is 4.58. The molecule has 0 unspecified atom stereocenters. The number of allylic oxidation sites excluding steroid dienone is 2. The summed E-state index contributed by atoms with van der Waals surface area (Å²) in [5.74, 6) is 1.26. The van der Waals surface area contributed by atoms with Gasteiger partial charge >= 0.3 is 0 Å². The van der Waals surface area contributed by atoms with E-state index in [4.69, 9.17) is 0 Å². The Kier molecular flexibility index (Phi) is 6.89. The van der Waals surface area contributed by atoms with Gasteiger partial charge in [-0.2, -0.15) is 0 Å². The molecular formula is C24H34F2. The summed E-state index contributed by atoms with van der Waals surface area (Å²) in [5.41, 5.74) is 1.13. The largest absolute Gasteiger partial charge is 0.203 e. The van der Waals surface area contributed by atoms with Crippen LogP contribution in [0.15, 0.2) is 24.3 Å². The predicted octanol–water partition coefficient (Wildman–Crippen LogP) is 7.57. The molecule has 0 bridgehead atoms. The van der Waals surface area contributed by atoms with Crippen LogP contribution in [0.4, 0.5) is 8.78 Å². The van der Waals surface area contributed by atoms with E-state index in [0.717, 1.165) is 43.9 Å². The normalized spacial score (nSPS) is 30.0. The van der Waals surface area contributed by atoms with Gasteiger partial charge in [-0.25, -0.2) is 8.78 Å². The maximum Gasteiger partial charge on any atom is 0.162 e.